The molecule has 48 heavy (non-hydrogen) atoms. The zero-order valence-electron chi connectivity index (χ0n) is 29.3. The minimum atomic E-state index is 0.0372. The number of rotatable bonds is 24. The van der Waals surface area contributed by atoms with Gasteiger partial charge in [0.05, 0.1) is 29.7 Å². The van der Waals surface area contributed by atoms with Gasteiger partial charge in [-0.3, -0.25) is 9.59 Å². The Labute approximate surface area is 313 Å². The van der Waals surface area contributed by atoms with E-state index in [0.717, 1.165) is 54.0 Å². The van der Waals surface area contributed by atoms with Crippen LogP contribution >= 0.6 is 54.5 Å². The van der Waals surface area contributed by atoms with Crippen LogP contribution in [0.2, 0.25) is 0 Å². The van der Waals surface area contributed by atoms with Gasteiger partial charge in [0.15, 0.2) is 0 Å². The van der Waals surface area contributed by atoms with Crippen LogP contribution in [0.3, 0.4) is 0 Å². The van der Waals surface area contributed by atoms with Crippen molar-refractivity contribution >= 4 is 65.6 Å². The number of halogens is 2. The molecule has 0 unspecified atom stereocenters. The van der Waals surface area contributed by atoms with E-state index in [1.54, 1.807) is 22.7 Å². The van der Waals surface area contributed by atoms with Crippen LogP contribution in [0.15, 0.2) is 53.6 Å². The first-order valence-corrected chi connectivity index (χ1v) is 22.0. The van der Waals surface area contributed by atoms with Crippen LogP contribution in [0.4, 0.5) is 0 Å². The van der Waals surface area contributed by atoms with Gasteiger partial charge in [0.2, 0.25) is 0 Å². The average Bonchev–Trinajstić information content (AvgIpc) is 3.71. The Morgan fingerprint density at radius 2 is 0.792 bits per heavy atom. The van der Waals surface area contributed by atoms with Gasteiger partial charge in [-0.05, 0) is 81.1 Å². The largest absolute Gasteiger partial charge is 0.306 e. The second-order valence-electron chi connectivity index (χ2n) is 13.4. The lowest BCUT2D eigenvalue weighted by Gasteiger charge is -2.18. The molecule has 264 valence electrons. The van der Waals surface area contributed by atoms with Crippen molar-refractivity contribution in [1.29, 1.82) is 0 Å². The summed E-state index contributed by atoms with van der Waals surface area (Å²) in [5, 5.41) is 0. The van der Waals surface area contributed by atoms with Gasteiger partial charge in [-0.2, -0.15) is 0 Å². The predicted octanol–water partition coefficient (Wildman–Crippen LogP) is 14.0. The summed E-state index contributed by atoms with van der Waals surface area (Å²) >= 11 is 10.4. The van der Waals surface area contributed by atoms with Crippen molar-refractivity contribution in [3.8, 4) is 20.9 Å². The van der Waals surface area contributed by atoms with Crippen LogP contribution in [0, 0.1) is 0 Å². The molecule has 0 aliphatic carbocycles. The smallest absolute Gasteiger partial charge is 0.259 e. The second-order valence-corrected chi connectivity index (χ2v) is 18.3. The van der Waals surface area contributed by atoms with E-state index >= 15 is 0 Å². The molecule has 4 aromatic heterocycles. The van der Waals surface area contributed by atoms with E-state index in [0.29, 0.717) is 24.2 Å². The Bertz CT molecular complexity index is 1530. The first-order valence-electron chi connectivity index (χ1n) is 18.8. The van der Waals surface area contributed by atoms with Gasteiger partial charge in [-0.25, -0.2) is 0 Å². The van der Waals surface area contributed by atoms with E-state index in [1.807, 2.05) is 45.5 Å². The zero-order chi connectivity index (χ0) is 34.1. The van der Waals surface area contributed by atoms with E-state index in [4.69, 9.17) is 0 Å². The minimum Gasteiger partial charge on any atom is -0.306 e. The van der Waals surface area contributed by atoms with Crippen molar-refractivity contribution < 1.29 is 0 Å². The highest BCUT2D eigenvalue weighted by molar-refractivity contribution is 9.11. The number of hydrogen-bond donors (Lipinski definition) is 0. The molecule has 0 bridgehead atoms. The molecule has 0 aliphatic heterocycles. The molecular weight excluding hydrogens is 764 g/mol. The Kier molecular flexibility index (Phi) is 17.7. The summed E-state index contributed by atoms with van der Waals surface area (Å²) in [5.41, 5.74) is 3.20. The van der Waals surface area contributed by atoms with E-state index in [2.05, 4.69) is 45.7 Å². The summed E-state index contributed by atoms with van der Waals surface area (Å²) in [6.45, 7) is 5.86. The minimum absolute atomic E-state index is 0.0372. The number of hydrogen-bond acceptors (Lipinski definition) is 4. The standard InChI is InChI=1S/C40H56Br2N2O2S2/c1-3-5-7-9-11-13-15-17-19-21-27-43-33-29-32(36-24-26-38(42)48-36)40(46)44(28-22-20-18-16-14-12-10-8-6-4-2)34(33)30-31(39(43)45)35-23-25-37(41)47-35/h23-26,29-30H,3-22,27-28H2,1-2H3. The SMILES string of the molecule is CCCCCCCCCCCCn1c(=O)c(-c2ccc(Br)s2)cc2c1cc(-c1ccc(Br)s1)c(=O)n2CCCCCCCCCCCC. The molecule has 0 atom stereocenters. The van der Waals surface area contributed by atoms with E-state index < -0.39 is 0 Å². The highest BCUT2D eigenvalue weighted by Gasteiger charge is 2.19. The van der Waals surface area contributed by atoms with Crippen LogP contribution in [0.1, 0.15) is 142 Å². The van der Waals surface area contributed by atoms with E-state index in [1.165, 1.54) is 103 Å². The first kappa shape index (κ1) is 39.3. The predicted molar refractivity (Wildman–Crippen MR) is 218 cm³/mol. The third kappa shape index (κ3) is 11.8. The van der Waals surface area contributed by atoms with Crippen molar-refractivity contribution in [2.24, 2.45) is 0 Å². The van der Waals surface area contributed by atoms with E-state index in [-0.39, 0.29) is 11.1 Å². The summed E-state index contributed by atoms with van der Waals surface area (Å²) in [7, 11) is 0. The van der Waals surface area contributed by atoms with Gasteiger partial charge >= 0.3 is 0 Å². The first-order chi connectivity index (χ1) is 23.4. The Hall–Kier alpha value is -1.48. The Morgan fingerprint density at radius 1 is 0.479 bits per heavy atom. The molecule has 0 radical (unpaired) electrons. The van der Waals surface area contributed by atoms with Gasteiger partial charge in [-0.15, -0.1) is 22.7 Å². The fraction of sp³-hybridized carbons (Fsp3) is 0.600. The quantitative estimate of drug-likeness (QED) is 0.0661. The van der Waals surface area contributed by atoms with E-state index in [9.17, 15) is 9.59 Å². The van der Waals surface area contributed by atoms with Crippen molar-refractivity contribution in [3.63, 3.8) is 0 Å². The molecule has 0 aliphatic rings. The topological polar surface area (TPSA) is 44.0 Å². The van der Waals surface area contributed by atoms with Crippen LogP contribution < -0.4 is 11.1 Å². The maximum atomic E-state index is 14.2. The molecule has 8 heteroatoms. The maximum absolute atomic E-state index is 14.2. The number of thiophene rings is 2. The molecule has 4 heterocycles. The number of pyridine rings is 2. The third-order valence-electron chi connectivity index (χ3n) is 9.51. The molecule has 0 aromatic carbocycles. The molecular formula is C40H56Br2N2O2S2. The lowest BCUT2D eigenvalue weighted by Crippen LogP contribution is -2.28. The lowest BCUT2D eigenvalue weighted by atomic mass is 10.1. The normalized spacial score (nSPS) is 11.7. The maximum Gasteiger partial charge on any atom is 0.259 e. The van der Waals surface area contributed by atoms with Gasteiger partial charge in [0, 0.05) is 22.8 Å². The fourth-order valence-corrected chi connectivity index (χ4v) is 9.50. The number of unbranched alkanes of at least 4 members (excludes halogenated alkanes) is 18. The lowest BCUT2D eigenvalue weighted by molar-refractivity contribution is 0.531. The van der Waals surface area contributed by atoms with Gasteiger partial charge in [-0.1, -0.05) is 129 Å². The zero-order valence-corrected chi connectivity index (χ0v) is 34.1. The van der Waals surface area contributed by atoms with Crippen molar-refractivity contribution in [3.05, 3.63) is 64.7 Å². The number of fused-ring (bicyclic) bond motifs is 1. The highest BCUT2D eigenvalue weighted by Crippen LogP contribution is 2.34. The molecule has 0 amide bonds. The Balaban J connectivity index is 1.58. The van der Waals surface area contributed by atoms with Crippen LogP contribution in [0.5, 0.6) is 0 Å². The summed E-state index contributed by atoms with van der Waals surface area (Å²) in [5.74, 6) is 0. The fourth-order valence-electron chi connectivity index (χ4n) is 6.72. The molecule has 0 saturated carbocycles. The van der Waals surface area contributed by atoms with Gasteiger partial charge < -0.3 is 9.13 Å². The van der Waals surface area contributed by atoms with Crippen LogP contribution in [-0.2, 0) is 13.1 Å². The van der Waals surface area contributed by atoms with Crippen LogP contribution in [-0.4, -0.2) is 9.13 Å². The number of nitrogens with zero attached hydrogens (tertiary/aromatic N) is 2. The van der Waals surface area contributed by atoms with Gasteiger partial charge in [0.1, 0.15) is 0 Å². The molecule has 0 fully saturated rings. The monoisotopic (exact) mass is 818 g/mol. The molecule has 0 saturated heterocycles. The Morgan fingerprint density at radius 3 is 1.08 bits per heavy atom. The van der Waals surface area contributed by atoms with Crippen molar-refractivity contribution in [2.75, 3.05) is 0 Å². The summed E-state index contributed by atoms with van der Waals surface area (Å²) < 4.78 is 5.95. The van der Waals surface area contributed by atoms with Crippen molar-refractivity contribution in [1.82, 2.24) is 9.13 Å². The molecule has 0 N–H and O–H groups in total. The van der Waals surface area contributed by atoms with Gasteiger partial charge in [0.25, 0.3) is 11.1 Å². The molecule has 0 spiro atoms. The molecule has 4 nitrogen and oxygen atoms in total. The second kappa shape index (κ2) is 21.7. The summed E-state index contributed by atoms with van der Waals surface area (Å²) in [6.07, 6.45) is 25.1. The summed E-state index contributed by atoms with van der Waals surface area (Å²) in [6, 6.07) is 12.0. The summed E-state index contributed by atoms with van der Waals surface area (Å²) in [4.78, 5) is 30.4. The van der Waals surface area contributed by atoms with Crippen molar-refractivity contribution in [2.45, 2.75) is 155 Å². The molecule has 4 aromatic rings. The van der Waals surface area contributed by atoms with Crippen LogP contribution in [0.25, 0.3) is 31.9 Å². The number of aromatic nitrogens is 2. The highest BCUT2D eigenvalue weighted by atomic mass is 79.9. The molecule has 4 rings (SSSR count). The number of aryl methyl sites for hydroxylation is 2. The average molecular weight is 821 g/mol. The third-order valence-corrected chi connectivity index (χ3v) is 12.8.